The summed E-state index contributed by atoms with van der Waals surface area (Å²) < 4.78 is 10.8. The maximum Gasteiger partial charge on any atom is 0.107 e. The first kappa shape index (κ1) is 10.7. The van der Waals surface area contributed by atoms with E-state index >= 15 is 0 Å². The second-order valence-electron chi connectivity index (χ2n) is 4.32. The standard InChI is InChI=1S/C12H18O3/c1-7-8(2)15-9(3)11(7)12(13)10-4-5-14-6-10/h10,12-13H,4-6H2,1-3H3. The normalized spacial score (nSPS) is 23.3. The zero-order chi connectivity index (χ0) is 11.0. The molecule has 3 nitrogen and oxygen atoms in total. The molecule has 2 atom stereocenters. The number of furan rings is 1. The van der Waals surface area contributed by atoms with Crippen LogP contribution in [0.2, 0.25) is 0 Å². The fourth-order valence-electron chi connectivity index (χ4n) is 2.28. The number of ether oxygens (including phenoxy) is 1. The van der Waals surface area contributed by atoms with Gasteiger partial charge >= 0.3 is 0 Å². The molecule has 1 aliphatic heterocycles. The first-order chi connectivity index (χ1) is 7.11. The molecule has 0 bridgehead atoms. The lowest BCUT2D eigenvalue weighted by Crippen LogP contribution is -2.13. The van der Waals surface area contributed by atoms with E-state index in [9.17, 15) is 5.11 Å². The smallest absolute Gasteiger partial charge is 0.107 e. The van der Waals surface area contributed by atoms with Crippen molar-refractivity contribution in [3.8, 4) is 0 Å². The molecule has 15 heavy (non-hydrogen) atoms. The summed E-state index contributed by atoms with van der Waals surface area (Å²) in [5, 5.41) is 10.3. The summed E-state index contributed by atoms with van der Waals surface area (Å²) in [6, 6.07) is 0. The van der Waals surface area contributed by atoms with E-state index in [1.165, 1.54) is 0 Å². The van der Waals surface area contributed by atoms with Crippen molar-refractivity contribution in [2.24, 2.45) is 5.92 Å². The van der Waals surface area contributed by atoms with Crippen LogP contribution in [0.25, 0.3) is 0 Å². The molecule has 0 aromatic carbocycles. The van der Waals surface area contributed by atoms with Crippen LogP contribution in [0.4, 0.5) is 0 Å². The molecule has 0 amide bonds. The molecule has 1 aliphatic rings. The average molecular weight is 210 g/mol. The monoisotopic (exact) mass is 210 g/mol. The summed E-state index contributed by atoms with van der Waals surface area (Å²) in [6.45, 7) is 7.26. The van der Waals surface area contributed by atoms with Gasteiger partial charge in [-0.25, -0.2) is 0 Å². The fraction of sp³-hybridized carbons (Fsp3) is 0.667. The van der Waals surface area contributed by atoms with Crippen molar-refractivity contribution in [1.29, 1.82) is 0 Å². The molecule has 0 aliphatic carbocycles. The van der Waals surface area contributed by atoms with Crippen LogP contribution in [-0.4, -0.2) is 18.3 Å². The van der Waals surface area contributed by atoms with E-state index in [0.29, 0.717) is 6.61 Å². The van der Waals surface area contributed by atoms with Gasteiger partial charge in [0.1, 0.15) is 11.5 Å². The third kappa shape index (κ3) is 1.82. The maximum absolute atomic E-state index is 10.3. The number of aryl methyl sites for hydroxylation is 2. The van der Waals surface area contributed by atoms with Crippen LogP contribution >= 0.6 is 0 Å². The molecule has 1 saturated heterocycles. The lowest BCUT2D eigenvalue weighted by Gasteiger charge is -2.16. The number of rotatable bonds is 2. The van der Waals surface area contributed by atoms with Crippen molar-refractivity contribution in [3.05, 3.63) is 22.6 Å². The summed E-state index contributed by atoms with van der Waals surface area (Å²) in [6.07, 6.45) is 0.495. The fourth-order valence-corrected chi connectivity index (χ4v) is 2.28. The van der Waals surface area contributed by atoms with Crippen molar-refractivity contribution in [3.63, 3.8) is 0 Å². The summed E-state index contributed by atoms with van der Waals surface area (Å²) in [5.41, 5.74) is 2.04. The van der Waals surface area contributed by atoms with Gasteiger partial charge in [0.2, 0.25) is 0 Å². The summed E-state index contributed by atoms with van der Waals surface area (Å²) >= 11 is 0. The molecule has 0 spiro atoms. The molecule has 0 saturated carbocycles. The molecule has 1 aromatic rings. The predicted octanol–water partition coefficient (Wildman–Crippen LogP) is 2.27. The van der Waals surface area contributed by atoms with Crippen molar-refractivity contribution in [2.75, 3.05) is 13.2 Å². The van der Waals surface area contributed by atoms with Gasteiger partial charge in [-0.15, -0.1) is 0 Å². The summed E-state index contributed by atoms with van der Waals surface area (Å²) in [4.78, 5) is 0. The van der Waals surface area contributed by atoms with Gasteiger partial charge in [0.15, 0.2) is 0 Å². The van der Waals surface area contributed by atoms with Crippen LogP contribution in [0.3, 0.4) is 0 Å². The molecule has 1 aromatic heterocycles. The Morgan fingerprint density at radius 2 is 2.00 bits per heavy atom. The van der Waals surface area contributed by atoms with Gasteiger partial charge in [0, 0.05) is 18.1 Å². The Bertz CT molecular complexity index is 348. The van der Waals surface area contributed by atoms with E-state index in [-0.39, 0.29) is 5.92 Å². The zero-order valence-corrected chi connectivity index (χ0v) is 9.54. The minimum absolute atomic E-state index is 0.222. The highest BCUT2D eigenvalue weighted by Crippen LogP contribution is 2.34. The summed E-state index contributed by atoms with van der Waals surface area (Å²) in [7, 11) is 0. The number of hydrogen-bond donors (Lipinski definition) is 1. The van der Waals surface area contributed by atoms with E-state index in [2.05, 4.69) is 0 Å². The Hall–Kier alpha value is -0.800. The third-order valence-corrected chi connectivity index (χ3v) is 3.32. The minimum Gasteiger partial charge on any atom is -0.466 e. The average Bonchev–Trinajstić information content (AvgIpc) is 2.76. The highest BCUT2D eigenvalue weighted by Gasteiger charge is 2.29. The Balaban J connectivity index is 2.27. The minimum atomic E-state index is -0.440. The molecule has 2 rings (SSSR count). The van der Waals surface area contributed by atoms with Gasteiger partial charge in [0.05, 0.1) is 12.7 Å². The van der Waals surface area contributed by atoms with E-state index in [1.54, 1.807) is 0 Å². The van der Waals surface area contributed by atoms with Crippen molar-refractivity contribution >= 4 is 0 Å². The van der Waals surface area contributed by atoms with Gasteiger partial charge in [0.25, 0.3) is 0 Å². The molecular formula is C12H18O3. The van der Waals surface area contributed by atoms with Crippen molar-refractivity contribution in [1.82, 2.24) is 0 Å². The van der Waals surface area contributed by atoms with Gasteiger partial charge in [-0.3, -0.25) is 0 Å². The van der Waals surface area contributed by atoms with Crippen molar-refractivity contribution < 1.29 is 14.3 Å². The topological polar surface area (TPSA) is 42.6 Å². The molecular weight excluding hydrogens is 192 g/mol. The third-order valence-electron chi connectivity index (χ3n) is 3.32. The highest BCUT2D eigenvalue weighted by atomic mass is 16.5. The highest BCUT2D eigenvalue weighted by molar-refractivity contribution is 5.33. The van der Waals surface area contributed by atoms with Crippen LogP contribution < -0.4 is 0 Å². The molecule has 0 radical (unpaired) electrons. The van der Waals surface area contributed by atoms with Gasteiger partial charge in [-0.2, -0.15) is 0 Å². The SMILES string of the molecule is Cc1oc(C)c(C(O)C2CCOC2)c1C. The van der Waals surface area contributed by atoms with Crippen LogP contribution in [0, 0.1) is 26.7 Å². The Labute approximate surface area is 90.0 Å². The summed E-state index contributed by atoms with van der Waals surface area (Å²) in [5.74, 6) is 1.96. The van der Waals surface area contributed by atoms with Gasteiger partial charge < -0.3 is 14.3 Å². The lowest BCUT2D eigenvalue weighted by atomic mass is 9.93. The van der Waals surface area contributed by atoms with E-state index in [4.69, 9.17) is 9.15 Å². The van der Waals surface area contributed by atoms with Gasteiger partial charge in [-0.1, -0.05) is 0 Å². The van der Waals surface area contributed by atoms with E-state index in [0.717, 1.165) is 35.7 Å². The molecule has 2 heterocycles. The zero-order valence-electron chi connectivity index (χ0n) is 9.54. The second-order valence-corrected chi connectivity index (χ2v) is 4.32. The molecule has 3 heteroatoms. The van der Waals surface area contributed by atoms with Crippen LogP contribution in [0.1, 0.15) is 35.2 Å². The van der Waals surface area contributed by atoms with Gasteiger partial charge in [-0.05, 0) is 32.8 Å². The number of aliphatic hydroxyl groups excluding tert-OH is 1. The molecule has 2 unspecified atom stereocenters. The van der Waals surface area contributed by atoms with E-state index < -0.39 is 6.10 Å². The van der Waals surface area contributed by atoms with Crippen LogP contribution in [0.5, 0.6) is 0 Å². The number of aliphatic hydroxyl groups is 1. The van der Waals surface area contributed by atoms with Crippen molar-refractivity contribution in [2.45, 2.75) is 33.3 Å². The molecule has 84 valence electrons. The Morgan fingerprint density at radius 1 is 1.27 bits per heavy atom. The first-order valence-electron chi connectivity index (χ1n) is 5.43. The van der Waals surface area contributed by atoms with Crippen LogP contribution in [0.15, 0.2) is 4.42 Å². The Morgan fingerprint density at radius 3 is 2.47 bits per heavy atom. The molecule has 1 N–H and O–H groups in total. The van der Waals surface area contributed by atoms with Crippen LogP contribution in [-0.2, 0) is 4.74 Å². The molecule has 1 fully saturated rings. The quantitative estimate of drug-likeness (QED) is 0.814. The maximum atomic E-state index is 10.3. The Kier molecular flexibility index (Phi) is 2.85. The number of hydrogen-bond acceptors (Lipinski definition) is 3. The first-order valence-corrected chi connectivity index (χ1v) is 5.43. The largest absolute Gasteiger partial charge is 0.466 e. The second kappa shape index (κ2) is 3.99. The predicted molar refractivity (Wildman–Crippen MR) is 56.8 cm³/mol. The van der Waals surface area contributed by atoms with E-state index in [1.807, 2.05) is 20.8 Å². The lowest BCUT2D eigenvalue weighted by molar-refractivity contribution is 0.0902.